The smallest absolute Gasteiger partial charge is 0.231 e. The molecule has 25 heavy (non-hydrogen) atoms. The minimum Gasteiger partial charge on any atom is -0.361 e. The van der Waals surface area contributed by atoms with Crippen LogP contribution >= 0.6 is 0 Å². The first-order chi connectivity index (χ1) is 12.0. The first-order valence-corrected chi connectivity index (χ1v) is 8.11. The van der Waals surface area contributed by atoms with Crippen molar-refractivity contribution in [2.24, 2.45) is 0 Å². The minimum atomic E-state index is -0.0610. The molecule has 1 aromatic carbocycles. The van der Waals surface area contributed by atoms with E-state index in [1.54, 1.807) is 6.92 Å². The molecule has 0 bridgehead atoms. The van der Waals surface area contributed by atoms with Crippen LogP contribution in [0, 0.1) is 20.8 Å². The number of para-hydroxylation sites is 1. The standard InChI is InChI=1S/C18H20N4O3/c1-11-15(12(2)24-21-11)8-9-17(23)20-16-7-5-4-6-14(16)10-18-19-13(3)22-25-18/h4-7H,8-10H2,1-3H3,(H,20,23). The van der Waals surface area contributed by atoms with Gasteiger partial charge in [-0.15, -0.1) is 0 Å². The van der Waals surface area contributed by atoms with E-state index in [2.05, 4.69) is 20.6 Å². The summed E-state index contributed by atoms with van der Waals surface area (Å²) in [5.41, 5.74) is 3.50. The lowest BCUT2D eigenvalue weighted by molar-refractivity contribution is -0.116. The van der Waals surface area contributed by atoms with Crippen LogP contribution in [-0.2, 0) is 17.6 Å². The minimum absolute atomic E-state index is 0.0610. The molecule has 0 radical (unpaired) electrons. The fraction of sp³-hybridized carbons (Fsp3) is 0.333. The lowest BCUT2D eigenvalue weighted by atomic mass is 10.1. The molecule has 0 spiro atoms. The summed E-state index contributed by atoms with van der Waals surface area (Å²) >= 11 is 0. The lowest BCUT2D eigenvalue weighted by Crippen LogP contribution is -2.14. The molecule has 1 N–H and O–H groups in total. The largest absolute Gasteiger partial charge is 0.361 e. The van der Waals surface area contributed by atoms with E-state index < -0.39 is 0 Å². The van der Waals surface area contributed by atoms with Gasteiger partial charge in [-0.2, -0.15) is 4.98 Å². The second kappa shape index (κ2) is 7.29. The van der Waals surface area contributed by atoms with Gasteiger partial charge >= 0.3 is 0 Å². The number of hydrogen-bond donors (Lipinski definition) is 1. The van der Waals surface area contributed by atoms with Crippen molar-refractivity contribution in [1.82, 2.24) is 15.3 Å². The van der Waals surface area contributed by atoms with Gasteiger partial charge in [0.2, 0.25) is 11.8 Å². The summed E-state index contributed by atoms with van der Waals surface area (Å²) < 4.78 is 10.3. The summed E-state index contributed by atoms with van der Waals surface area (Å²) in [6.07, 6.45) is 1.43. The van der Waals surface area contributed by atoms with Gasteiger partial charge in [0.1, 0.15) is 5.76 Å². The molecule has 7 heteroatoms. The highest BCUT2D eigenvalue weighted by atomic mass is 16.5. The van der Waals surface area contributed by atoms with Crippen LogP contribution in [0.25, 0.3) is 0 Å². The third-order valence-electron chi connectivity index (χ3n) is 3.99. The van der Waals surface area contributed by atoms with Gasteiger partial charge in [-0.1, -0.05) is 28.5 Å². The number of anilines is 1. The Morgan fingerprint density at radius 1 is 1.12 bits per heavy atom. The van der Waals surface area contributed by atoms with Gasteiger partial charge in [-0.3, -0.25) is 4.79 Å². The van der Waals surface area contributed by atoms with Crippen LogP contribution in [0.1, 0.15) is 40.7 Å². The second-order valence-electron chi connectivity index (χ2n) is 5.92. The molecule has 1 amide bonds. The molecule has 0 saturated carbocycles. The highest BCUT2D eigenvalue weighted by Gasteiger charge is 2.13. The van der Waals surface area contributed by atoms with Crippen molar-refractivity contribution in [3.8, 4) is 0 Å². The average Bonchev–Trinajstić information content (AvgIpc) is 3.13. The molecule has 3 rings (SSSR count). The molecule has 0 saturated heterocycles. The number of hydrogen-bond acceptors (Lipinski definition) is 6. The monoisotopic (exact) mass is 340 g/mol. The number of nitrogens with one attached hydrogen (secondary N) is 1. The molecule has 0 aliphatic rings. The zero-order valence-corrected chi connectivity index (χ0v) is 14.5. The Kier molecular flexibility index (Phi) is 4.92. The lowest BCUT2D eigenvalue weighted by Gasteiger charge is -2.09. The predicted octanol–water partition coefficient (Wildman–Crippen LogP) is 3.14. The Morgan fingerprint density at radius 3 is 2.60 bits per heavy atom. The third kappa shape index (κ3) is 4.12. The fourth-order valence-corrected chi connectivity index (χ4v) is 2.68. The number of carbonyl (C=O) groups excluding carboxylic acids is 1. The van der Waals surface area contributed by atoms with Crippen LogP contribution in [0.15, 0.2) is 33.3 Å². The van der Waals surface area contributed by atoms with Crippen LogP contribution in [0.4, 0.5) is 5.69 Å². The van der Waals surface area contributed by atoms with Gasteiger partial charge in [0.05, 0.1) is 12.1 Å². The highest BCUT2D eigenvalue weighted by molar-refractivity contribution is 5.91. The summed E-state index contributed by atoms with van der Waals surface area (Å²) in [6, 6.07) is 7.60. The Morgan fingerprint density at radius 2 is 1.92 bits per heavy atom. The number of carbonyl (C=O) groups is 1. The van der Waals surface area contributed by atoms with Crippen molar-refractivity contribution >= 4 is 11.6 Å². The molecule has 7 nitrogen and oxygen atoms in total. The number of amides is 1. The maximum atomic E-state index is 12.3. The summed E-state index contributed by atoms with van der Waals surface area (Å²) in [4.78, 5) is 16.5. The molecule has 0 unspecified atom stereocenters. The third-order valence-corrected chi connectivity index (χ3v) is 3.99. The normalized spacial score (nSPS) is 10.8. The number of rotatable bonds is 6. The summed E-state index contributed by atoms with van der Waals surface area (Å²) in [7, 11) is 0. The Balaban J connectivity index is 1.65. The summed E-state index contributed by atoms with van der Waals surface area (Å²) in [5, 5.41) is 10.7. The molecule has 0 fully saturated rings. The van der Waals surface area contributed by atoms with E-state index in [9.17, 15) is 4.79 Å². The molecular formula is C18H20N4O3. The Bertz CT molecular complexity index is 863. The molecule has 2 aromatic heterocycles. The molecule has 0 atom stereocenters. The number of nitrogens with zero attached hydrogens (tertiary/aromatic N) is 3. The number of benzene rings is 1. The quantitative estimate of drug-likeness (QED) is 0.741. The van der Waals surface area contributed by atoms with Crippen LogP contribution in [-0.4, -0.2) is 21.2 Å². The topological polar surface area (TPSA) is 94.1 Å². The van der Waals surface area contributed by atoms with Crippen LogP contribution in [0.5, 0.6) is 0 Å². The Labute approximate surface area is 145 Å². The van der Waals surface area contributed by atoms with Crippen molar-refractivity contribution in [1.29, 1.82) is 0 Å². The van der Waals surface area contributed by atoms with Crippen LogP contribution < -0.4 is 5.32 Å². The molecule has 3 aromatic rings. The molecule has 2 heterocycles. The van der Waals surface area contributed by atoms with Crippen molar-refractivity contribution in [3.05, 3.63) is 58.6 Å². The van der Waals surface area contributed by atoms with Crippen molar-refractivity contribution < 1.29 is 13.8 Å². The highest BCUT2D eigenvalue weighted by Crippen LogP contribution is 2.20. The zero-order valence-electron chi connectivity index (χ0n) is 14.5. The molecule has 130 valence electrons. The van der Waals surface area contributed by atoms with E-state index in [0.29, 0.717) is 31.0 Å². The molecule has 0 aliphatic carbocycles. The SMILES string of the molecule is Cc1noc(Cc2ccccc2NC(=O)CCc2c(C)noc2C)n1. The van der Waals surface area contributed by atoms with E-state index in [-0.39, 0.29) is 5.91 Å². The van der Waals surface area contributed by atoms with Gasteiger partial charge in [0.15, 0.2) is 5.82 Å². The first kappa shape index (κ1) is 16.9. The molecular weight excluding hydrogens is 320 g/mol. The van der Waals surface area contributed by atoms with Gasteiger partial charge in [0, 0.05) is 17.7 Å². The number of aromatic nitrogens is 3. The summed E-state index contributed by atoms with van der Waals surface area (Å²) in [5.74, 6) is 1.82. The fourth-order valence-electron chi connectivity index (χ4n) is 2.68. The maximum absolute atomic E-state index is 12.3. The van der Waals surface area contributed by atoms with Crippen molar-refractivity contribution in [2.75, 3.05) is 5.32 Å². The van der Waals surface area contributed by atoms with Gasteiger partial charge < -0.3 is 14.4 Å². The van der Waals surface area contributed by atoms with Crippen molar-refractivity contribution in [3.63, 3.8) is 0 Å². The van der Waals surface area contributed by atoms with E-state index in [0.717, 1.165) is 28.3 Å². The first-order valence-electron chi connectivity index (χ1n) is 8.11. The van der Waals surface area contributed by atoms with Crippen LogP contribution in [0.3, 0.4) is 0 Å². The van der Waals surface area contributed by atoms with E-state index in [1.165, 1.54) is 0 Å². The number of aryl methyl sites for hydroxylation is 3. The predicted molar refractivity (Wildman–Crippen MR) is 91.2 cm³/mol. The molecule has 0 aliphatic heterocycles. The van der Waals surface area contributed by atoms with Crippen molar-refractivity contribution in [2.45, 2.75) is 40.0 Å². The van der Waals surface area contributed by atoms with Gasteiger partial charge in [-0.25, -0.2) is 0 Å². The van der Waals surface area contributed by atoms with E-state index in [1.807, 2.05) is 38.1 Å². The maximum Gasteiger partial charge on any atom is 0.231 e. The Hall–Kier alpha value is -2.96. The summed E-state index contributed by atoms with van der Waals surface area (Å²) in [6.45, 7) is 5.51. The van der Waals surface area contributed by atoms with Crippen LogP contribution in [0.2, 0.25) is 0 Å². The zero-order chi connectivity index (χ0) is 17.8. The van der Waals surface area contributed by atoms with E-state index in [4.69, 9.17) is 9.05 Å². The second-order valence-corrected chi connectivity index (χ2v) is 5.92. The average molecular weight is 340 g/mol. The van der Waals surface area contributed by atoms with Gasteiger partial charge in [0.25, 0.3) is 0 Å². The van der Waals surface area contributed by atoms with E-state index >= 15 is 0 Å². The van der Waals surface area contributed by atoms with Gasteiger partial charge in [-0.05, 0) is 38.8 Å².